The number of aromatic nitrogens is 3. The van der Waals surface area contributed by atoms with Gasteiger partial charge in [-0.2, -0.15) is 0 Å². The van der Waals surface area contributed by atoms with Crippen molar-refractivity contribution in [2.24, 2.45) is 11.8 Å². The van der Waals surface area contributed by atoms with Crippen LogP contribution in [0.4, 0.5) is 0 Å². The molecule has 0 aliphatic carbocycles. The third-order valence-corrected chi connectivity index (χ3v) is 10.6. The second-order valence-electron chi connectivity index (χ2n) is 12.8. The number of amides is 3. The average molecular weight is 750 g/mol. The first-order valence-corrected chi connectivity index (χ1v) is 17.7. The number of hydrogen-bond donors (Lipinski definition) is 2. The molecule has 3 aliphatic rings. The third kappa shape index (κ3) is 6.59. The highest BCUT2D eigenvalue weighted by Crippen LogP contribution is 2.60. The summed E-state index contributed by atoms with van der Waals surface area (Å²) in [5.74, 6) is -3.68. The summed E-state index contributed by atoms with van der Waals surface area (Å²) in [6.07, 6.45) is 2.97. The van der Waals surface area contributed by atoms with Crippen molar-refractivity contribution in [1.29, 1.82) is 0 Å². The number of fused-ring (bicyclic) bond motifs is 2. The zero-order valence-electron chi connectivity index (χ0n) is 27.6. The van der Waals surface area contributed by atoms with Gasteiger partial charge in [0.25, 0.3) is 0 Å². The maximum absolute atomic E-state index is 14.7. The molecule has 3 aromatic rings. The van der Waals surface area contributed by atoms with Gasteiger partial charge in [0.2, 0.25) is 17.7 Å². The van der Waals surface area contributed by atoms with Crippen LogP contribution in [0.5, 0.6) is 0 Å². The lowest BCUT2D eigenvalue weighted by Crippen LogP contribution is -2.57. The molecule has 6 rings (SSSR count). The number of rotatable bonds is 16. The highest BCUT2D eigenvalue weighted by molar-refractivity contribution is 9.09. The van der Waals surface area contributed by atoms with Crippen LogP contribution < -0.4 is 5.32 Å². The van der Waals surface area contributed by atoms with E-state index in [2.05, 4.69) is 44.7 Å². The molecule has 1 spiro atoms. The molecule has 3 saturated heterocycles. The highest BCUT2D eigenvalue weighted by atomic mass is 79.9. The van der Waals surface area contributed by atoms with Gasteiger partial charge in [-0.05, 0) is 37.0 Å². The monoisotopic (exact) mass is 748 g/mol. The zero-order valence-corrected chi connectivity index (χ0v) is 29.2. The Kier molecular flexibility index (Phi) is 10.8. The predicted molar refractivity (Wildman–Crippen MR) is 186 cm³/mol. The Hall–Kier alpha value is -4.40. The van der Waals surface area contributed by atoms with Crippen molar-refractivity contribution in [2.45, 2.75) is 61.0 Å². The molecule has 2 N–H and O–H groups in total. The highest BCUT2D eigenvalue weighted by Gasteiger charge is 2.77. The number of esters is 1. The van der Waals surface area contributed by atoms with Crippen LogP contribution in [0, 0.1) is 11.8 Å². The predicted octanol–water partition coefficient (Wildman–Crippen LogP) is 2.90. The van der Waals surface area contributed by atoms with Gasteiger partial charge in [0.15, 0.2) is 0 Å². The number of nitrogens with one attached hydrogen (secondary N) is 1. The SMILES string of the molecule is C=CCCC(=O)NC[C@H](OC(=O)[C@@H]1[C@H]2O[C@@]3(CC2Br)[C@H](C(=O)N(CC=C)Cn2nnc4ccccc42)N(CCCO)C(=O)[C@@H]13)c1ccccc1. The summed E-state index contributed by atoms with van der Waals surface area (Å²) in [6, 6.07) is 15.4. The number of aliphatic hydroxyl groups is 1. The molecule has 0 radical (unpaired) electrons. The Labute approximate surface area is 298 Å². The van der Waals surface area contributed by atoms with Crippen molar-refractivity contribution < 1.29 is 33.8 Å². The maximum Gasteiger partial charge on any atom is 0.313 e. The van der Waals surface area contributed by atoms with Crippen LogP contribution in [0.1, 0.15) is 37.4 Å². The Bertz CT molecular complexity index is 1750. The average Bonchev–Trinajstić information content (AvgIpc) is 3.85. The first-order chi connectivity index (χ1) is 24.2. The van der Waals surface area contributed by atoms with Crippen LogP contribution >= 0.6 is 15.9 Å². The number of likely N-dealkylation sites (tertiary alicyclic amines) is 1. The molecule has 0 saturated carbocycles. The molecule has 14 heteroatoms. The van der Waals surface area contributed by atoms with Crippen LogP contribution in [-0.4, -0.2) is 102 Å². The van der Waals surface area contributed by atoms with Gasteiger partial charge in [-0.15, -0.1) is 18.3 Å². The van der Waals surface area contributed by atoms with Gasteiger partial charge in [-0.1, -0.05) is 75.8 Å². The number of hydrogen-bond acceptors (Lipinski definition) is 9. The minimum atomic E-state index is -1.34. The van der Waals surface area contributed by atoms with E-state index in [1.165, 1.54) is 4.90 Å². The summed E-state index contributed by atoms with van der Waals surface area (Å²) in [4.78, 5) is 58.5. The normalized spacial score (nSPS) is 25.7. The van der Waals surface area contributed by atoms with Gasteiger partial charge in [0.05, 0.1) is 30.0 Å². The van der Waals surface area contributed by atoms with Gasteiger partial charge in [-0.25, -0.2) is 4.68 Å². The molecule has 1 aromatic heterocycles. The molecule has 7 atom stereocenters. The fraction of sp³-hybridized carbons (Fsp3) is 0.444. The smallest absolute Gasteiger partial charge is 0.313 e. The number of carbonyl (C=O) groups is 4. The topological polar surface area (TPSA) is 156 Å². The van der Waals surface area contributed by atoms with Crippen molar-refractivity contribution in [1.82, 2.24) is 30.1 Å². The molecule has 264 valence electrons. The van der Waals surface area contributed by atoms with E-state index in [0.717, 1.165) is 5.52 Å². The lowest BCUT2D eigenvalue weighted by molar-refractivity contribution is -0.160. The van der Waals surface area contributed by atoms with Crippen molar-refractivity contribution in [3.05, 3.63) is 85.5 Å². The first kappa shape index (κ1) is 35.4. The Balaban J connectivity index is 1.30. The van der Waals surface area contributed by atoms with E-state index in [1.807, 2.05) is 42.5 Å². The summed E-state index contributed by atoms with van der Waals surface area (Å²) < 4.78 is 14.4. The van der Waals surface area contributed by atoms with Crippen LogP contribution in [-0.2, 0) is 35.3 Å². The van der Waals surface area contributed by atoms with E-state index < -0.39 is 53.5 Å². The van der Waals surface area contributed by atoms with Gasteiger partial charge in [0.1, 0.15) is 29.9 Å². The summed E-state index contributed by atoms with van der Waals surface area (Å²) in [5, 5.41) is 21.1. The number of alkyl halides is 1. The number of para-hydroxylation sites is 1. The molecule has 4 heterocycles. The van der Waals surface area contributed by atoms with E-state index in [0.29, 0.717) is 23.9 Å². The third-order valence-electron chi connectivity index (χ3n) is 9.73. The first-order valence-electron chi connectivity index (χ1n) is 16.8. The molecular weight excluding hydrogens is 708 g/mol. The van der Waals surface area contributed by atoms with Crippen LogP contribution in [0.2, 0.25) is 0 Å². The van der Waals surface area contributed by atoms with Gasteiger partial charge in [0, 0.05) is 30.9 Å². The molecule has 3 amide bonds. The number of benzene rings is 2. The molecule has 3 fully saturated rings. The molecule has 13 nitrogen and oxygen atoms in total. The standard InChI is InChI=1S/C36H41BrN6O7/c1-3-5-16-28(45)38-21-27(23-12-7-6-8-13-23)49-35(48)29-30-33(46)42(18-11-19-44)32(36(30)20-24(37)31(29)50-36)34(47)41(17-4-2)22-43-26-15-10-9-14-25(26)39-40-43/h3-4,6-10,12-15,24,27,29-32,44H,1-2,5,11,16-22H2,(H,38,45)/t24?,27-,29-,30+,31-,32-,36+/m0/s1. The summed E-state index contributed by atoms with van der Waals surface area (Å²) in [7, 11) is 0. The van der Waals surface area contributed by atoms with E-state index in [4.69, 9.17) is 9.47 Å². The number of halogens is 1. The molecule has 50 heavy (non-hydrogen) atoms. The summed E-state index contributed by atoms with van der Waals surface area (Å²) in [6.45, 7) is 7.62. The van der Waals surface area contributed by atoms with Gasteiger partial charge < -0.3 is 29.7 Å². The van der Waals surface area contributed by atoms with Crippen LogP contribution in [0.15, 0.2) is 79.9 Å². The fourth-order valence-electron chi connectivity index (χ4n) is 7.53. The zero-order chi connectivity index (χ0) is 35.4. The largest absolute Gasteiger partial charge is 0.455 e. The van der Waals surface area contributed by atoms with Crippen molar-refractivity contribution in [3.8, 4) is 0 Å². The van der Waals surface area contributed by atoms with Crippen molar-refractivity contribution >= 4 is 50.7 Å². The van der Waals surface area contributed by atoms with Crippen molar-refractivity contribution in [3.63, 3.8) is 0 Å². The second kappa shape index (κ2) is 15.2. The number of carbonyl (C=O) groups excluding carboxylic acids is 4. The summed E-state index contributed by atoms with van der Waals surface area (Å²) in [5.41, 5.74) is 0.743. The lowest BCUT2D eigenvalue weighted by Gasteiger charge is -2.37. The van der Waals surface area contributed by atoms with Gasteiger partial charge >= 0.3 is 5.97 Å². The Morgan fingerprint density at radius 1 is 1.16 bits per heavy atom. The number of allylic oxidation sites excluding steroid dienone is 1. The minimum absolute atomic E-state index is 0.0304. The van der Waals surface area contributed by atoms with E-state index >= 15 is 0 Å². The van der Waals surface area contributed by atoms with Crippen LogP contribution in [0.25, 0.3) is 11.0 Å². The van der Waals surface area contributed by atoms with Crippen molar-refractivity contribution in [2.75, 3.05) is 26.2 Å². The molecule has 1 unspecified atom stereocenters. The molecule has 2 bridgehead atoms. The number of ether oxygens (including phenoxy) is 2. The fourth-order valence-corrected chi connectivity index (χ4v) is 8.47. The minimum Gasteiger partial charge on any atom is -0.455 e. The summed E-state index contributed by atoms with van der Waals surface area (Å²) >= 11 is 3.70. The Morgan fingerprint density at radius 3 is 2.66 bits per heavy atom. The number of aliphatic hydroxyl groups excluding tert-OH is 1. The van der Waals surface area contributed by atoms with E-state index in [1.54, 1.807) is 33.9 Å². The second-order valence-corrected chi connectivity index (χ2v) is 14.0. The van der Waals surface area contributed by atoms with Gasteiger partial charge in [-0.3, -0.25) is 19.2 Å². The maximum atomic E-state index is 14.7. The molecule has 3 aliphatic heterocycles. The Morgan fingerprint density at radius 2 is 1.92 bits per heavy atom. The quantitative estimate of drug-likeness (QED) is 0.128. The van der Waals surface area contributed by atoms with E-state index in [-0.39, 0.29) is 56.5 Å². The number of nitrogens with zero attached hydrogens (tertiary/aromatic N) is 5. The van der Waals surface area contributed by atoms with E-state index in [9.17, 15) is 24.3 Å². The molecule has 2 aromatic carbocycles. The lowest BCUT2D eigenvalue weighted by atomic mass is 9.70. The molecular formula is C36H41BrN6O7. The van der Waals surface area contributed by atoms with Crippen LogP contribution in [0.3, 0.4) is 0 Å².